The van der Waals surface area contributed by atoms with Gasteiger partial charge in [-0.3, -0.25) is 9.80 Å². The van der Waals surface area contributed by atoms with Crippen LogP contribution in [-0.2, 0) is 32.5 Å². The number of fused-ring (bicyclic) bond motifs is 4. The number of para-hydroxylation sites is 2. The van der Waals surface area contributed by atoms with Gasteiger partial charge in [0.1, 0.15) is 0 Å². The standard InChI is InChI=1S/C63H75BN4O/c1-58(2,3)40-29-30-51-50(37-40)64-54-52(67(51)48-33-41(59(4,5)6)31-42(34-48)60(7,8)9)38-45(63(16,17)18)39-53(54)68(49-35-43(61(10,11)12)32-44(36-49)62(13,14)15)56-55(64)65-57(69-56)66(46-25-21-19-22-26-46)47-27-23-20-24-28-47/h19-39H,1-18H3. The van der Waals surface area contributed by atoms with Gasteiger partial charge >= 0.3 is 6.01 Å². The van der Waals surface area contributed by atoms with Gasteiger partial charge in [0, 0.05) is 28.4 Å². The van der Waals surface area contributed by atoms with Crippen LogP contribution in [0, 0.1) is 0 Å². The fourth-order valence-electron chi connectivity index (χ4n) is 9.88. The van der Waals surface area contributed by atoms with E-state index in [1.807, 2.05) is 0 Å². The van der Waals surface area contributed by atoms with Gasteiger partial charge in [0.15, 0.2) is 0 Å². The first kappa shape index (κ1) is 48.0. The molecule has 0 bridgehead atoms. The van der Waals surface area contributed by atoms with Gasteiger partial charge in [-0.05, 0) is 144 Å². The Morgan fingerprint density at radius 2 is 0.797 bits per heavy atom. The zero-order chi connectivity index (χ0) is 50.0. The summed E-state index contributed by atoms with van der Waals surface area (Å²) in [5.41, 5.74) is 18.1. The van der Waals surface area contributed by atoms with E-state index < -0.39 is 0 Å². The van der Waals surface area contributed by atoms with E-state index in [4.69, 9.17) is 9.40 Å². The molecule has 0 spiro atoms. The van der Waals surface area contributed by atoms with E-state index in [-0.39, 0.29) is 39.2 Å². The molecule has 0 saturated carbocycles. The Hall–Kier alpha value is -6.01. The maximum absolute atomic E-state index is 7.53. The topological polar surface area (TPSA) is 35.8 Å². The zero-order valence-corrected chi connectivity index (χ0v) is 44.9. The molecule has 7 aromatic rings. The lowest BCUT2D eigenvalue weighted by atomic mass is 9.35. The highest BCUT2D eigenvalue weighted by Gasteiger charge is 2.48. The third-order valence-electron chi connectivity index (χ3n) is 14.4. The average Bonchev–Trinajstić information content (AvgIpc) is 3.68. The molecule has 1 aromatic heterocycles. The summed E-state index contributed by atoms with van der Waals surface area (Å²) in [6.45, 7) is 41.7. The second kappa shape index (κ2) is 16.3. The molecule has 6 heteroatoms. The number of anilines is 9. The fourth-order valence-corrected chi connectivity index (χ4v) is 9.88. The van der Waals surface area contributed by atoms with Crippen molar-refractivity contribution < 1.29 is 4.42 Å². The number of benzene rings is 6. The third-order valence-corrected chi connectivity index (χ3v) is 14.4. The van der Waals surface area contributed by atoms with Crippen molar-refractivity contribution in [2.45, 2.75) is 157 Å². The molecule has 0 unspecified atom stereocenters. The summed E-state index contributed by atoms with van der Waals surface area (Å²) in [5.74, 6) is 0.743. The highest BCUT2D eigenvalue weighted by Crippen LogP contribution is 2.50. The molecule has 0 aliphatic carbocycles. The first-order chi connectivity index (χ1) is 32.0. The van der Waals surface area contributed by atoms with Gasteiger partial charge in [-0.1, -0.05) is 185 Å². The van der Waals surface area contributed by atoms with E-state index in [1.54, 1.807) is 0 Å². The van der Waals surface area contributed by atoms with Gasteiger partial charge in [0.2, 0.25) is 5.88 Å². The summed E-state index contributed by atoms with van der Waals surface area (Å²) >= 11 is 0. The number of hydrogen-bond acceptors (Lipinski definition) is 5. The summed E-state index contributed by atoms with van der Waals surface area (Å²) in [7, 11) is 0. The maximum Gasteiger partial charge on any atom is 0.307 e. The Labute approximate surface area is 415 Å². The van der Waals surface area contributed by atoms with Crippen LogP contribution in [0.25, 0.3) is 0 Å². The second-order valence-electron chi connectivity index (χ2n) is 26.0. The maximum atomic E-state index is 7.53. The normalized spacial score (nSPS) is 14.1. The minimum absolute atomic E-state index is 0.0744. The van der Waals surface area contributed by atoms with E-state index in [1.165, 1.54) is 61.4 Å². The summed E-state index contributed by atoms with van der Waals surface area (Å²) in [5, 5.41) is 0. The van der Waals surface area contributed by atoms with Gasteiger partial charge in [-0.2, -0.15) is 0 Å². The van der Waals surface area contributed by atoms with Crippen molar-refractivity contribution in [1.82, 2.24) is 4.98 Å². The molecule has 2 aliphatic rings. The van der Waals surface area contributed by atoms with Crippen LogP contribution in [0.15, 0.2) is 132 Å². The largest absolute Gasteiger partial charge is 0.407 e. The monoisotopic (exact) mass is 915 g/mol. The minimum atomic E-state index is -0.240. The number of hydrogen-bond donors (Lipinski definition) is 0. The molecule has 2 aliphatic heterocycles. The summed E-state index contributed by atoms with van der Waals surface area (Å²) in [6, 6.07) is 48.3. The lowest BCUT2D eigenvalue weighted by Crippen LogP contribution is -2.62. The molecule has 3 heterocycles. The third kappa shape index (κ3) is 8.83. The average molecular weight is 915 g/mol. The lowest BCUT2D eigenvalue weighted by molar-refractivity contribution is 0.563. The zero-order valence-electron chi connectivity index (χ0n) is 44.9. The van der Waals surface area contributed by atoms with Gasteiger partial charge in [-0.25, -0.2) is 4.98 Å². The number of rotatable bonds is 5. The van der Waals surface area contributed by atoms with Crippen molar-refractivity contribution in [3.63, 3.8) is 0 Å². The molecule has 0 saturated heterocycles. The molecule has 0 N–H and O–H groups in total. The van der Waals surface area contributed by atoms with Gasteiger partial charge in [0.05, 0.1) is 17.0 Å². The first-order valence-electron chi connectivity index (χ1n) is 25.2. The van der Waals surface area contributed by atoms with Gasteiger partial charge in [0.25, 0.3) is 6.71 Å². The van der Waals surface area contributed by atoms with Gasteiger partial charge in [-0.15, -0.1) is 0 Å². The molecule has 0 atom stereocenters. The highest BCUT2D eigenvalue weighted by molar-refractivity contribution is 6.99. The first-order valence-corrected chi connectivity index (χ1v) is 25.2. The van der Waals surface area contributed by atoms with Crippen LogP contribution < -0.4 is 31.2 Å². The second-order valence-corrected chi connectivity index (χ2v) is 26.0. The lowest BCUT2D eigenvalue weighted by Gasteiger charge is -2.44. The quantitative estimate of drug-likeness (QED) is 0.161. The molecule has 0 amide bonds. The molecular formula is C63H75BN4O. The smallest absolute Gasteiger partial charge is 0.307 e. The van der Waals surface area contributed by atoms with E-state index >= 15 is 0 Å². The van der Waals surface area contributed by atoms with E-state index in [0.29, 0.717) is 6.01 Å². The summed E-state index contributed by atoms with van der Waals surface area (Å²) in [6.07, 6.45) is 0. The number of aromatic nitrogens is 1. The molecule has 356 valence electrons. The van der Waals surface area contributed by atoms with Crippen LogP contribution in [0.4, 0.5) is 51.7 Å². The van der Waals surface area contributed by atoms with Crippen molar-refractivity contribution in [3.8, 4) is 0 Å². The molecule has 9 rings (SSSR count). The molecular weight excluding hydrogens is 840 g/mol. The van der Waals surface area contributed by atoms with Crippen LogP contribution in [0.5, 0.6) is 0 Å². The van der Waals surface area contributed by atoms with E-state index in [0.717, 1.165) is 34.2 Å². The molecule has 69 heavy (non-hydrogen) atoms. The van der Waals surface area contributed by atoms with Crippen molar-refractivity contribution >= 4 is 74.9 Å². The Kier molecular flexibility index (Phi) is 11.3. The molecule has 0 radical (unpaired) electrons. The predicted octanol–water partition coefficient (Wildman–Crippen LogP) is 16.0. The fraction of sp³-hybridized carbons (Fsp3) is 0.381. The molecule has 0 fully saturated rings. The summed E-state index contributed by atoms with van der Waals surface area (Å²) < 4.78 is 7.53. The molecule has 5 nitrogen and oxygen atoms in total. The Balaban J connectivity index is 1.46. The van der Waals surface area contributed by atoms with Crippen molar-refractivity contribution in [2.24, 2.45) is 0 Å². The molecule has 6 aromatic carbocycles. The SMILES string of the molecule is CC(C)(C)c1cc(N2c3ccc(C(C)(C)C)cc3B3c4nc(N(c5ccccc5)c5ccccc5)oc4N(c4cc(C(C)(C)C)cc(C(C)(C)C)c4)c4cc(C(C)(C)C)cc2c43)cc(C(C)(C)C)c1. The highest BCUT2D eigenvalue weighted by atomic mass is 16.4. The van der Waals surface area contributed by atoms with Crippen LogP contribution in [0.3, 0.4) is 0 Å². The van der Waals surface area contributed by atoms with Crippen molar-refractivity contribution in [3.05, 3.63) is 161 Å². The number of oxazole rings is 1. The van der Waals surface area contributed by atoms with E-state index in [9.17, 15) is 0 Å². The van der Waals surface area contributed by atoms with Crippen LogP contribution in [-0.4, -0.2) is 11.7 Å². The Morgan fingerprint density at radius 3 is 1.22 bits per heavy atom. The Morgan fingerprint density at radius 1 is 0.406 bits per heavy atom. The van der Waals surface area contributed by atoms with E-state index in [2.05, 4.69) is 267 Å². The van der Waals surface area contributed by atoms with Crippen molar-refractivity contribution in [2.75, 3.05) is 14.7 Å². The minimum Gasteiger partial charge on any atom is -0.407 e. The summed E-state index contributed by atoms with van der Waals surface area (Å²) in [4.78, 5) is 13.0. The predicted molar refractivity (Wildman–Crippen MR) is 297 cm³/mol. The van der Waals surface area contributed by atoms with Crippen LogP contribution in [0.1, 0.15) is 158 Å². The number of nitrogens with zero attached hydrogens (tertiary/aromatic N) is 4. The van der Waals surface area contributed by atoms with Crippen LogP contribution in [0.2, 0.25) is 0 Å². The van der Waals surface area contributed by atoms with Gasteiger partial charge < -0.3 is 9.32 Å². The van der Waals surface area contributed by atoms with Crippen molar-refractivity contribution in [1.29, 1.82) is 0 Å². The van der Waals surface area contributed by atoms with Crippen LogP contribution >= 0.6 is 0 Å². The Bertz CT molecular complexity index is 2960.